The van der Waals surface area contributed by atoms with Gasteiger partial charge < -0.3 is 0 Å². The Morgan fingerprint density at radius 1 is 1.33 bits per heavy atom. The van der Waals surface area contributed by atoms with Crippen LogP contribution in [-0.2, 0) is 4.79 Å². The molecule has 0 saturated carbocycles. The minimum atomic E-state index is -0.346. The van der Waals surface area contributed by atoms with E-state index in [4.69, 9.17) is 0 Å². The van der Waals surface area contributed by atoms with Crippen molar-refractivity contribution in [3.8, 4) is 6.07 Å². The lowest BCUT2D eigenvalue weighted by Crippen LogP contribution is -2.31. The summed E-state index contributed by atoms with van der Waals surface area (Å²) in [5.41, 5.74) is 3.58. The molecule has 3 nitrogen and oxygen atoms in total. The van der Waals surface area contributed by atoms with Crippen LogP contribution in [0.4, 0.5) is 0 Å². The largest absolute Gasteiger partial charge is 0.294 e. The molecule has 4 heteroatoms. The number of carbonyl (C=O) groups excluding carboxylic acids is 1. The molecule has 0 radical (unpaired) electrons. The van der Waals surface area contributed by atoms with Gasteiger partial charge in [0, 0.05) is 32.9 Å². The van der Waals surface area contributed by atoms with Crippen LogP contribution < -0.4 is 0 Å². The molecule has 1 aromatic rings. The van der Waals surface area contributed by atoms with E-state index in [1.165, 1.54) is 0 Å². The van der Waals surface area contributed by atoms with Crippen LogP contribution in [0.1, 0.15) is 37.7 Å². The lowest BCUT2D eigenvalue weighted by molar-refractivity contribution is -0.116. The lowest BCUT2D eigenvalue weighted by Gasteiger charge is -2.32. The fraction of sp³-hybridized carbons (Fsp3) is 0.353. The molecule has 0 aromatic heterocycles. The van der Waals surface area contributed by atoms with E-state index in [1.807, 2.05) is 31.2 Å². The van der Waals surface area contributed by atoms with Gasteiger partial charge in [0.05, 0.1) is 12.0 Å². The van der Waals surface area contributed by atoms with Crippen LogP contribution in [0.25, 0.3) is 0 Å². The molecule has 1 aliphatic carbocycles. The normalized spacial score (nSPS) is 25.2. The van der Waals surface area contributed by atoms with Gasteiger partial charge in [-0.3, -0.25) is 9.79 Å². The number of allylic oxidation sites excluding steroid dienone is 2. The zero-order chi connectivity index (χ0) is 15.0. The number of nitrogens with zero attached hydrogens (tertiary/aromatic N) is 2. The van der Waals surface area contributed by atoms with Crippen LogP contribution in [0.5, 0.6) is 0 Å². The van der Waals surface area contributed by atoms with E-state index in [-0.39, 0.29) is 17.6 Å². The third-order valence-corrected chi connectivity index (χ3v) is 5.20. The first-order valence-electron chi connectivity index (χ1n) is 7.09. The predicted molar refractivity (Wildman–Crippen MR) is 90.0 cm³/mol. The quantitative estimate of drug-likeness (QED) is 0.681. The molecule has 0 amide bonds. The van der Waals surface area contributed by atoms with E-state index >= 15 is 0 Å². The number of hydrogen-bond acceptors (Lipinski definition) is 3. The van der Waals surface area contributed by atoms with Crippen molar-refractivity contribution in [1.29, 1.82) is 5.26 Å². The predicted octanol–water partition coefficient (Wildman–Crippen LogP) is 4.00. The van der Waals surface area contributed by atoms with E-state index in [0.29, 0.717) is 6.42 Å². The van der Waals surface area contributed by atoms with Gasteiger partial charge >= 0.3 is 0 Å². The van der Waals surface area contributed by atoms with Crippen LogP contribution in [0.15, 0.2) is 40.5 Å². The molecule has 1 unspecified atom stereocenters. The Morgan fingerprint density at radius 2 is 2.10 bits per heavy atom. The molecular weight excluding hydrogens is 375 g/mol. The Hall–Kier alpha value is -1.48. The molecule has 1 aromatic carbocycles. The minimum Gasteiger partial charge on any atom is -0.294 e. The number of rotatable bonds is 1. The lowest BCUT2D eigenvalue weighted by atomic mass is 9.72. The summed E-state index contributed by atoms with van der Waals surface area (Å²) in [6.07, 6.45) is 2.28. The fourth-order valence-corrected chi connectivity index (χ4v) is 3.96. The molecule has 106 valence electrons. The smallest absolute Gasteiger partial charge is 0.161 e. The fourth-order valence-electron chi connectivity index (χ4n) is 3.24. The Morgan fingerprint density at radius 3 is 2.81 bits per heavy atom. The Balaban J connectivity index is 2.22. The summed E-state index contributed by atoms with van der Waals surface area (Å²) in [6, 6.07) is 10.4. The van der Waals surface area contributed by atoms with Crippen molar-refractivity contribution in [2.45, 2.75) is 32.1 Å². The first kappa shape index (κ1) is 14.5. The summed E-state index contributed by atoms with van der Waals surface area (Å²) in [4.78, 5) is 17.0. The first-order chi connectivity index (χ1) is 10.1. The van der Waals surface area contributed by atoms with Crippen molar-refractivity contribution in [2.24, 2.45) is 10.9 Å². The minimum absolute atomic E-state index is 0.164. The number of nitriles is 1. The number of carbonyl (C=O) groups is 1. The molecule has 0 bridgehead atoms. The van der Waals surface area contributed by atoms with Crippen molar-refractivity contribution < 1.29 is 4.79 Å². The van der Waals surface area contributed by atoms with Gasteiger partial charge in [0.25, 0.3) is 0 Å². The van der Waals surface area contributed by atoms with Gasteiger partial charge in [-0.15, -0.1) is 0 Å². The number of Topliss-reactive ketones (excluding diaryl/α,β-unsaturated/α-hetero) is 1. The Labute approximate surface area is 137 Å². The van der Waals surface area contributed by atoms with E-state index in [1.54, 1.807) is 0 Å². The summed E-state index contributed by atoms with van der Waals surface area (Å²) in [5.74, 6) is -0.345. The molecule has 0 fully saturated rings. The highest BCUT2D eigenvalue weighted by atomic mass is 127. The van der Waals surface area contributed by atoms with Gasteiger partial charge in [-0.05, 0) is 54.0 Å². The molecule has 2 aliphatic rings. The molecule has 1 heterocycles. The Kier molecular flexibility index (Phi) is 3.94. The van der Waals surface area contributed by atoms with Gasteiger partial charge in [0.2, 0.25) is 0 Å². The van der Waals surface area contributed by atoms with Gasteiger partial charge in [-0.2, -0.15) is 5.26 Å². The van der Waals surface area contributed by atoms with Gasteiger partial charge in [0.1, 0.15) is 0 Å². The van der Waals surface area contributed by atoms with Crippen LogP contribution in [0.3, 0.4) is 0 Å². The molecule has 21 heavy (non-hydrogen) atoms. The van der Waals surface area contributed by atoms with Crippen LogP contribution in [0.2, 0.25) is 0 Å². The maximum atomic E-state index is 12.5. The SMILES string of the molecule is CC1=NC2=C(C(=O)CCC2)[C@H](c2ccccc2I)C1C#N. The molecule has 1 aliphatic heterocycles. The monoisotopic (exact) mass is 390 g/mol. The third kappa shape index (κ3) is 2.44. The maximum Gasteiger partial charge on any atom is 0.161 e. The second-order valence-corrected chi connectivity index (χ2v) is 6.66. The van der Waals surface area contributed by atoms with Gasteiger partial charge in [-0.25, -0.2) is 0 Å². The van der Waals surface area contributed by atoms with Gasteiger partial charge in [-0.1, -0.05) is 18.2 Å². The highest BCUT2D eigenvalue weighted by molar-refractivity contribution is 14.1. The van der Waals surface area contributed by atoms with Crippen LogP contribution in [-0.4, -0.2) is 11.5 Å². The molecule has 0 N–H and O–H groups in total. The van der Waals surface area contributed by atoms with Gasteiger partial charge in [0.15, 0.2) is 5.78 Å². The number of ketones is 1. The number of hydrogen-bond donors (Lipinski definition) is 0. The molecule has 0 saturated heterocycles. The van der Waals surface area contributed by atoms with Crippen molar-refractivity contribution in [2.75, 3.05) is 0 Å². The highest BCUT2D eigenvalue weighted by Crippen LogP contribution is 2.43. The van der Waals surface area contributed by atoms with Crippen molar-refractivity contribution >= 4 is 34.1 Å². The van der Waals surface area contributed by atoms with E-state index < -0.39 is 0 Å². The Bertz CT molecular complexity index is 712. The summed E-state index contributed by atoms with van der Waals surface area (Å²) >= 11 is 2.28. The summed E-state index contributed by atoms with van der Waals surface area (Å²) in [5, 5.41) is 9.59. The van der Waals surface area contributed by atoms with E-state index in [9.17, 15) is 10.1 Å². The number of benzene rings is 1. The first-order valence-corrected chi connectivity index (χ1v) is 8.17. The summed E-state index contributed by atoms with van der Waals surface area (Å²) in [6.45, 7) is 1.90. The van der Waals surface area contributed by atoms with Crippen molar-refractivity contribution in [1.82, 2.24) is 0 Å². The maximum absolute atomic E-state index is 12.5. The third-order valence-electron chi connectivity index (χ3n) is 4.21. The second kappa shape index (κ2) is 5.72. The van der Waals surface area contributed by atoms with Crippen LogP contribution >= 0.6 is 22.6 Å². The molecule has 2 atom stereocenters. The topological polar surface area (TPSA) is 53.2 Å². The number of aliphatic imine (C=N–C) groups is 1. The van der Waals surface area contributed by atoms with E-state index in [0.717, 1.165) is 39.0 Å². The summed E-state index contributed by atoms with van der Waals surface area (Å²) in [7, 11) is 0. The van der Waals surface area contributed by atoms with Crippen LogP contribution in [0, 0.1) is 20.8 Å². The standard InChI is InChI=1S/C17H15IN2O/c1-10-12(9-19)16(11-5-2-3-6-13(11)18)17-14(20-10)7-4-8-15(17)21/h2-3,5-6,12,16H,4,7-8H2,1H3/t12?,16-/m1/s1. The summed E-state index contributed by atoms with van der Waals surface area (Å²) < 4.78 is 1.10. The zero-order valence-corrected chi connectivity index (χ0v) is 13.9. The average Bonchev–Trinajstić information content (AvgIpc) is 2.47. The zero-order valence-electron chi connectivity index (χ0n) is 11.8. The second-order valence-electron chi connectivity index (χ2n) is 5.50. The molecule has 3 rings (SSSR count). The molecular formula is C17H15IN2O. The highest BCUT2D eigenvalue weighted by Gasteiger charge is 2.39. The van der Waals surface area contributed by atoms with E-state index in [2.05, 4.69) is 33.7 Å². The molecule has 0 spiro atoms. The number of halogens is 1. The van der Waals surface area contributed by atoms with Crippen molar-refractivity contribution in [3.63, 3.8) is 0 Å². The van der Waals surface area contributed by atoms with Crippen molar-refractivity contribution in [3.05, 3.63) is 44.7 Å². The average molecular weight is 390 g/mol.